The minimum absolute atomic E-state index is 0.109. The van der Waals surface area contributed by atoms with E-state index in [1.54, 1.807) is 6.08 Å². The molecule has 182 valence electrons. The molecule has 1 aromatic heterocycles. The maximum Gasteiger partial charge on any atom is 0.328 e. The molecule has 0 aliphatic rings. The van der Waals surface area contributed by atoms with E-state index in [4.69, 9.17) is 39.9 Å². The van der Waals surface area contributed by atoms with Gasteiger partial charge in [0.2, 0.25) is 0 Å². The predicted molar refractivity (Wildman–Crippen MR) is 153 cm³/mol. The van der Waals surface area contributed by atoms with Gasteiger partial charge in [-0.15, -0.1) is 11.3 Å². The van der Waals surface area contributed by atoms with Gasteiger partial charge in [-0.3, -0.25) is 0 Å². The van der Waals surface area contributed by atoms with Gasteiger partial charge in [0.15, 0.2) is 0 Å². The molecule has 0 bridgehead atoms. The third kappa shape index (κ3) is 6.48. The zero-order chi connectivity index (χ0) is 25.7. The summed E-state index contributed by atoms with van der Waals surface area (Å²) in [5, 5.41) is 9.66. The summed E-state index contributed by atoms with van der Waals surface area (Å²) in [4.78, 5) is 10.9. The predicted octanol–water partition coefficient (Wildman–Crippen LogP) is 10.1. The van der Waals surface area contributed by atoms with Gasteiger partial charge in [0.25, 0.3) is 0 Å². The Morgan fingerprint density at radius 2 is 1.71 bits per heavy atom. The number of benzene rings is 2. The Kier molecular flexibility index (Phi) is 9.43. The smallest absolute Gasteiger partial charge is 0.328 e. The molecule has 0 fully saturated rings. The zero-order valence-corrected chi connectivity index (χ0v) is 23.1. The molecule has 0 spiro atoms. The van der Waals surface area contributed by atoms with Crippen LogP contribution in [0.1, 0.15) is 55.0 Å². The van der Waals surface area contributed by atoms with Gasteiger partial charge in [0.1, 0.15) is 4.34 Å². The fraction of sp³-hybridized carbons (Fsp3) is 0.207. The molecule has 6 heteroatoms. The number of aliphatic carboxylic acids is 1. The van der Waals surface area contributed by atoms with Gasteiger partial charge in [-0.05, 0) is 70.4 Å². The highest BCUT2D eigenvalue weighted by Gasteiger charge is 2.24. The van der Waals surface area contributed by atoms with Crippen LogP contribution in [0.3, 0.4) is 0 Å². The lowest BCUT2D eigenvalue weighted by molar-refractivity contribution is -0.131. The highest BCUT2D eigenvalue weighted by Crippen LogP contribution is 2.46. The summed E-state index contributed by atoms with van der Waals surface area (Å²) in [6, 6.07) is 17.8. The van der Waals surface area contributed by atoms with Crippen LogP contribution in [0.4, 0.5) is 0 Å². The molecule has 1 N–H and O–H groups in total. The standard InChI is InChI=1S/C29H27Cl3O2S/c1-5-21(23-16-24(30)35-29(23)32)27(20-13-10-19(11-14-20)12-15-25(33)34)26(17(2)3)28(31)22-9-7-6-8-18(22)4/h6-17H,5H2,1-4H3,(H,33,34)/b15-12+,27-21+,28-26-. The van der Waals surface area contributed by atoms with Crippen molar-refractivity contribution in [2.24, 2.45) is 5.92 Å². The number of halogens is 3. The minimum Gasteiger partial charge on any atom is -0.478 e. The summed E-state index contributed by atoms with van der Waals surface area (Å²) < 4.78 is 1.27. The molecule has 0 amide bonds. The molecule has 2 nitrogen and oxygen atoms in total. The second-order valence-electron chi connectivity index (χ2n) is 8.44. The van der Waals surface area contributed by atoms with E-state index in [-0.39, 0.29) is 5.92 Å². The molecule has 2 aromatic carbocycles. The molecule has 0 atom stereocenters. The molecule has 0 unspecified atom stereocenters. The molecule has 0 saturated heterocycles. The molecule has 0 saturated carbocycles. The largest absolute Gasteiger partial charge is 0.478 e. The highest BCUT2D eigenvalue weighted by molar-refractivity contribution is 7.20. The van der Waals surface area contributed by atoms with E-state index in [9.17, 15) is 4.79 Å². The van der Waals surface area contributed by atoms with Crippen molar-refractivity contribution in [3.8, 4) is 0 Å². The topological polar surface area (TPSA) is 37.3 Å². The van der Waals surface area contributed by atoms with Gasteiger partial charge in [-0.25, -0.2) is 4.79 Å². The van der Waals surface area contributed by atoms with E-state index >= 15 is 0 Å². The number of carbonyl (C=O) groups is 1. The molecule has 1 heterocycles. The molecule has 0 aliphatic heterocycles. The van der Waals surface area contributed by atoms with Crippen LogP contribution >= 0.6 is 46.1 Å². The number of carboxylic acid groups (broad SMARTS) is 1. The average molecular weight is 546 g/mol. The third-order valence-corrected chi connectivity index (χ3v) is 7.61. The molecular formula is C29H27Cl3O2S. The van der Waals surface area contributed by atoms with Crippen LogP contribution in [0, 0.1) is 12.8 Å². The average Bonchev–Trinajstić information content (AvgIpc) is 3.15. The maximum absolute atomic E-state index is 10.9. The summed E-state index contributed by atoms with van der Waals surface area (Å²) in [5.41, 5.74) is 7.85. The van der Waals surface area contributed by atoms with Gasteiger partial charge in [0, 0.05) is 11.6 Å². The maximum atomic E-state index is 10.9. The number of carboxylic acids is 1. The van der Waals surface area contributed by atoms with E-state index in [0.717, 1.165) is 57.0 Å². The Bertz CT molecular complexity index is 1310. The van der Waals surface area contributed by atoms with Crippen LogP contribution in [0.5, 0.6) is 0 Å². The van der Waals surface area contributed by atoms with Crippen molar-refractivity contribution in [2.45, 2.75) is 34.1 Å². The van der Waals surface area contributed by atoms with E-state index in [1.807, 2.05) is 48.5 Å². The number of hydrogen-bond donors (Lipinski definition) is 1. The normalized spacial score (nSPS) is 13.3. The van der Waals surface area contributed by atoms with Gasteiger partial charge in [-0.2, -0.15) is 0 Å². The lowest BCUT2D eigenvalue weighted by Crippen LogP contribution is -2.04. The Labute approximate surface area is 226 Å². The molecule has 0 aliphatic carbocycles. The monoisotopic (exact) mass is 544 g/mol. The van der Waals surface area contributed by atoms with Crippen molar-refractivity contribution < 1.29 is 9.90 Å². The van der Waals surface area contributed by atoms with Crippen LogP contribution < -0.4 is 0 Å². The summed E-state index contributed by atoms with van der Waals surface area (Å²) in [7, 11) is 0. The van der Waals surface area contributed by atoms with E-state index in [0.29, 0.717) is 13.7 Å². The van der Waals surface area contributed by atoms with Gasteiger partial charge >= 0.3 is 5.97 Å². The Morgan fingerprint density at radius 1 is 1.06 bits per heavy atom. The summed E-state index contributed by atoms with van der Waals surface area (Å²) in [6.07, 6.45) is 3.42. The second kappa shape index (κ2) is 12.1. The summed E-state index contributed by atoms with van der Waals surface area (Å²) in [5.74, 6) is -0.875. The number of rotatable bonds is 8. The third-order valence-electron chi connectivity index (χ3n) is 5.72. The van der Waals surface area contributed by atoms with Crippen molar-refractivity contribution in [1.82, 2.24) is 0 Å². The van der Waals surface area contributed by atoms with Crippen LogP contribution in [0.25, 0.3) is 22.3 Å². The summed E-state index contributed by atoms with van der Waals surface area (Å²) >= 11 is 21.5. The van der Waals surface area contributed by atoms with Gasteiger partial charge < -0.3 is 5.11 Å². The van der Waals surface area contributed by atoms with Gasteiger partial charge in [0.05, 0.1) is 9.37 Å². The van der Waals surface area contributed by atoms with Crippen molar-refractivity contribution in [1.29, 1.82) is 0 Å². The minimum atomic E-state index is -0.984. The summed E-state index contributed by atoms with van der Waals surface area (Å²) in [6.45, 7) is 8.42. The van der Waals surface area contributed by atoms with Crippen molar-refractivity contribution >= 4 is 74.4 Å². The van der Waals surface area contributed by atoms with E-state index in [1.165, 1.54) is 11.3 Å². The fourth-order valence-electron chi connectivity index (χ4n) is 4.08. The van der Waals surface area contributed by atoms with Crippen LogP contribution in [-0.4, -0.2) is 11.1 Å². The first-order valence-electron chi connectivity index (χ1n) is 11.3. The molecule has 3 aromatic rings. The molecule has 0 radical (unpaired) electrons. The molecule has 3 rings (SSSR count). The van der Waals surface area contributed by atoms with E-state index < -0.39 is 5.97 Å². The van der Waals surface area contributed by atoms with Crippen molar-refractivity contribution in [3.05, 3.63) is 103 Å². The highest BCUT2D eigenvalue weighted by atomic mass is 35.5. The lowest BCUT2D eigenvalue weighted by atomic mass is 9.82. The second-order valence-corrected chi connectivity index (χ2v) is 11.1. The quantitative estimate of drug-likeness (QED) is 0.226. The number of aryl methyl sites for hydroxylation is 1. The Morgan fingerprint density at radius 3 is 2.23 bits per heavy atom. The zero-order valence-electron chi connectivity index (χ0n) is 20.0. The number of thiophene rings is 1. The first-order chi connectivity index (χ1) is 16.6. The SMILES string of the molecule is CC/C(=C(\C(=C(/Cl)c1ccccc1C)C(C)C)c1ccc(/C=C/C(=O)O)cc1)c1cc(Cl)sc1Cl. The molecule has 35 heavy (non-hydrogen) atoms. The number of hydrogen-bond acceptors (Lipinski definition) is 2. The first-order valence-corrected chi connectivity index (χ1v) is 13.2. The van der Waals surface area contributed by atoms with E-state index in [2.05, 4.69) is 33.8 Å². The lowest BCUT2D eigenvalue weighted by Gasteiger charge is -2.24. The van der Waals surface area contributed by atoms with Crippen LogP contribution in [-0.2, 0) is 4.79 Å². The van der Waals surface area contributed by atoms with Crippen molar-refractivity contribution in [2.75, 3.05) is 0 Å². The van der Waals surface area contributed by atoms with Crippen LogP contribution in [0.2, 0.25) is 8.67 Å². The van der Waals surface area contributed by atoms with Gasteiger partial charge in [-0.1, -0.05) is 104 Å². The fourth-order valence-corrected chi connectivity index (χ4v) is 6.13. The van der Waals surface area contributed by atoms with Crippen LogP contribution in [0.15, 0.2) is 66.2 Å². The first kappa shape index (κ1) is 27.3. The molecular weight excluding hydrogens is 519 g/mol. The Balaban J connectivity index is 2.37. The Hall–Kier alpha value is -2.30. The number of allylic oxidation sites excluding steroid dienone is 3. The van der Waals surface area contributed by atoms with Crippen molar-refractivity contribution in [3.63, 3.8) is 0 Å².